The van der Waals surface area contributed by atoms with Gasteiger partial charge in [-0.1, -0.05) is 26.7 Å². The van der Waals surface area contributed by atoms with Gasteiger partial charge in [-0.2, -0.15) is 0 Å². The minimum atomic E-state index is 0.280. The van der Waals surface area contributed by atoms with E-state index in [1.807, 2.05) is 0 Å². The van der Waals surface area contributed by atoms with Gasteiger partial charge in [-0.25, -0.2) is 0 Å². The number of nitrogens with one attached hydrogen (secondary N) is 1. The van der Waals surface area contributed by atoms with Gasteiger partial charge in [0.25, 0.3) is 0 Å². The van der Waals surface area contributed by atoms with Gasteiger partial charge in [-0.3, -0.25) is 10.1 Å². The standard InChI is InChI=1S/C15H29N3O/c1-11(2)13(10-17(3)4)18-14(19)9-16-15(18)12-7-5-6-8-12/h11-13,15-16H,5-10H2,1-4H3. The molecule has 2 fully saturated rings. The van der Waals surface area contributed by atoms with Crippen molar-refractivity contribution in [2.24, 2.45) is 11.8 Å². The number of nitrogens with zero attached hydrogens (tertiary/aromatic N) is 2. The molecule has 0 aromatic heterocycles. The molecule has 1 aliphatic carbocycles. The molecule has 2 atom stereocenters. The predicted molar refractivity (Wildman–Crippen MR) is 77.8 cm³/mol. The molecule has 1 aliphatic heterocycles. The van der Waals surface area contributed by atoms with Crippen LogP contribution in [0.3, 0.4) is 0 Å². The average molecular weight is 267 g/mol. The zero-order chi connectivity index (χ0) is 14.0. The van der Waals surface area contributed by atoms with Crippen molar-refractivity contribution in [3.63, 3.8) is 0 Å². The lowest BCUT2D eigenvalue weighted by Crippen LogP contribution is -2.53. The van der Waals surface area contributed by atoms with Crippen LogP contribution >= 0.6 is 0 Å². The molecule has 1 amide bonds. The van der Waals surface area contributed by atoms with Crippen molar-refractivity contribution in [3.8, 4) is 0 Å². The van der Waals surface area contributed by atoms with E-state index in [-0.39, 0.29) is 12.1 Å². The Kier molecular flexibility index (Phi) is 4.85. The van der Waals surface area contributed by atoms with Crippen LogP contribution in [0.25, 0.3) is 0 Å². The maximum atomic E-state index is 12.3. The molecule has 1 heterocycles. The van der Waals surface area contributed by atoms with Crippen LogP contribution in [0, 0.1) is 11.8 Å². The quantitative estimate of drug-likeness (QED) is 0.820. The maximum Gasteiger partial charge on any atom is 0.238 e. The highest BCUT2D eigenvalue weighted by Crippen LogP contribution is 2.32. The lowest BCUT2D eigenvalue weighted by molar-refractivity contribution is -0.132. The first kappa shape index (κ1) is 14.8. The van der Waals surface area contributed by atoms with Gasteiger partial charge in [-0.15, -0.1) is 0 Å². The summed E-state index contributed by atoms with van der Waals surface area (Å²) in [5.74, 6) is 1.45. The molecular formula is C15H29N3O. The summed E-state index contributed by atoms with van der Waals surface area (Å²) >= 11 is 0. The fourth-order valence-electron chi connectivity index (χ4n) is 3.59. The van der Waals surface area contributed by atoms with Crippen LogP contribution in [0.4, 0.5) is 0 Å². The van der Waals surface area contributed by atoms with Crippen LogP contribution < -0.4 is 5.32 Å². The first-order valence-electron chi connectivity index (χ1n) is 7.70. The summed E-state index contributed by atoms with van der Waals surface area (Å²) in [5, 5.41) is 3.46. The normalized spacial score (nSPS) is 26.9. The molecule has 0 spiro atoms. The van der Waals surface area contributed by atoms with E-state index >= 15 is 0 Å². The van der Waals surface area contributed by atoms with Gasteiger partial charge in [0.2, 0.25) is 5.91 Å². The van der Waals surface area contributed by atoms with Crippen LogP contribution in [0.5, 0.6) is 0 Å². The van der Waals surface area contributed by atoms with Crippen LogP contribution in [0.15, 0.2) is 0 Å². The fraction of sp³-hybridized carbons (Fsp3) is 0.933. The predicted octanol–water partition coefficient (Wildman–Crippen LogP) is 1.52. The SMILES string of the molecule is CC(C)C(CN(C)C)N1C(=O)CNC1C1CCCC1. The second-order valence-corrected chi connectivity index (χ2v) is 6.74. The molecule has 1 saturated heterocycles. The molecule has 2 rings (SSSR count). The molecule has 1 saturated carbocycles. The van der Waals surface area contributed by atoms with Crippen molar-refractivity contribution in [1.82, 2.24) is 15.1 Å². The molecule has 0 bridgehead atoms. The molecule has 4 nitrogen and oxygen atoms in total. The summed E-state index contributed by atoms with van der Waals surface area (Å²) in [6.07, 6.45) is 5.47. The summed E-state index contributed by atoms with van der Waals surface area (Å²) < 4.78 is 0. The van der Waals surface area contributed by atoms with E-state index in [1.165, 1.54) is 25.7 Å². The number of likely N-dealkylation sites (N-methyl/N-ethyl adjacent to an activating group) is 1. The van der Waals surface area contributed by atoms with Crippen molar-refractivity contribution >= 4 is 5.91 Å². The fourth-order valence-corrected chi connectivity index (χ4v) is 3.59. The topological polar surface area (TPSA) is 35.6 Å². The van der Waals surface area contributed by atoms with Gasteiger partial charge in [0, 0.05) is 12.6 Å². The van der Waals surface area contributed by atoms with E-state index < -0.39 is 0 Å². The summed E-state index contributed by atoms with van der Waals surface area (Å²) in [6.45, 7) is 5.93. The molecule has 0 aromatic carbocycles. The molecule has 1 N–H and O–H groups in total. The first-order valence-corrected chi connectivity index (χ1v) is 7.70. The third-order valence-electron chi connectivity index (χ3n) is 4.58. The Morgan fingerprint density at radius 2 is 1.95 bits per heavy atom. The summed E-state index contributed by atoms with van der Waals surface area (Å²) in [4.78, 5) is 16.7. The Morgan fingerprint density at radius 1 is 1.32 bits per heavy atom. The smallest absolute Gasteiger partial charge is 0.238 e. The zero-order valence-corrected chi connectivity index (χ0v) is 12.9. The van der Waals surface area contributed by atoms with Gasteiger partial charge in [0.05, 0.1) is 12.7 Å². The Hall–Kier alpha value is -0.610. The average Bonchev–Trinajstić information content (AvgIpc) is 2.94. The van der Waals surface area contributed by atoms with Crippen molar-refractivity contribution in [1.29, 1.82) is 0 Å². The largest absolute Gasteiger partial charge is 0.321 e. The van der Waals surface area contributed by atoms with Gasteiger partial charge in [0.1, 0.15) is 0 Å². The monoisotopic (exact) mass is 267 g/mol. The third-order valence-corrected chi connectivity index (χ3v) is 4.58. The zero-order valence-electron chi connectivity index (χ0n) is 12.9. The molecule has 2 aliphatic rings. The van der Waals surface area contributed by atoms with Gasteiger partial charge >= 0.3 is 0 Å². The molecule has 0 radical (unpaired) electrons. The number of hydrogen-bond acceptors (Lipinski definition) is 3. The lowest BCUT2D eigenvalue weighted by Gasteiger charge is -2.39. The lowest BCUT2D eigenvalue weighted by atomic mass is 9.97. The van der Waals surface area contributed by atoms with E-state index in [0.717, 1.165) is 6.54 Å². The third kappa shape index (κ3) is 3.29. The van der Waals surface area contributed by atoms with E-state index in [1.54, 1.807) is 0 Å². The van der Waals surface area contributed by atoms with Crippen molar-refractivity contribution in [2.75, 3.05) is 27.2 Å². The summed E-state index contributed by atoms with van der Waals surface area (Å²) in [7, 11) is 4.18. The van der Waals surface area contributed by atoms with Gasteiger partial charge in [0.15, 0.2) is 0 Å². The van der Waals surface area contributed by atoms with Gasteiger partial charge < -0.3 is 9.80 Å². The van der Waals surface area contributed by atoms with E-state index in [4.69, 9.17) is 0 Å². The highest BCUT2D eigenvalue weighted by molar-refractivity contribution is 5.81. The first-order chi connectivity index (χ1) is 9.00. The molecular weight excluding hydrogens is 238 g/mol. The Morgan fingerprint density at radius 3 is 2.47 bits per heavy atom. The molecule has 4 heteroatoms. The second-order valence-electron chi connectivity index (χ2n) is 6.74. The van der Waals surface area contributed by atoms with Crippen molar-refractivity contribution in [3.05, 3.63) is 0 Å². The van der Waals surface area contributed by atoms with Gasteiger partial charge in [-0.05, 0) is 38.8 Å². The highest BCUT2D eigenvalue weighted by Gasteiger charge is 2.41. The number of carbonyl (C=O) groups excluding carboxylic acids is 1. The number of carbonyl (C=O) groups is 1. The summed E-state index contributed by atoms with van der Waals surface area (Å²) in [6, 6.07) is 0.322. The maximum absolute atomic E-state index is 12.3. The number of rotatable bonds is 5. The van der Waals surface area contributed by atoms with Crippen LogP contribution in [-0.4, -0.2) is 55.1 Å². The minimum Gasteiger partial charge on any atom is -0.321 e. The van der Waals surface area contributed by atoms with Crippen molar-refractivity contribution < 1.29 is 4.79 Å². The van der Waals surface area contributed by atoms with Crippen LogP contribution in [0.2, 0.25) is 0 Å². The Balaban J connectivity index is 2.13. The minimum absolute atomic E-state index is 0.280. The van der Waals surface area contributed by atoms with Crippen LogP contribution in [-0.2, 0) is 4.79 Å². The molecule has 110 valence electrons. The summed E-state index contributed by atoms with van der Waals surface area (Å²) in [5.41, 5.74) is 0. The van der Waals surface area contributed by atoms with E-state index in [2.05, 4.69) is 43.1 Å². The molecule has 0 aromatic rings. The molecule has 19 heavy (non-hydrogen) atoms. The highest BCUT2D eigenvalue weighted by atomic mass is 16.2. The Labute approximate surface area is 117 Å². The second kappa shape index (κ2) is 6.23. The number of hydrogen-bond donors (Lipinski definition) is 1. The molecule has 2 unspecified atom stereocenters. The Bertz CT molecular complexity index is 311. The number of amides is 1. The van der Waals surface area contributed by atoms with E-state index in [9.17, 15) is 4.79 Å². The van der Waals surface area contributed by atoms with Crippen molar-refractivity contribution in [2.45, 2.75) is 51.7 Å². The van der Waals surface area contributed by atoms with E-state index in [0.29, 0.717) is 24.4 Å². The van der Waals surface area contributed by atoms with Crippen LogP contribution in [0.1, 0.15) is 39.5 Å².